The molecular weight excluding hydrogens is 253 g/mol. The molecule has 2 rings (SSSR count). The lowest BCUT2D eigenvalue weighted by Crippen LogP contribution is -2.16. The average molecular weight is 272 g/mol. The molecule has 2 nitrogen and oxygen atoms in total. The summed E-state index contributed by atoms with van der Waals surface area (Å²) in [4.78, 5) is 0. The average Bonchev–Trinajstić information content (AvgIpc) is 2.81. The molecule has 0 saturated carbocycles. The molecule has 0 atom stereocenters. The van der Waals surface area contributed by atoms with Crippen LogP contribution >= 0.6 is 0 Å². The van der Waals surface area contributed by atoms with Crippen molar-refractivity contribution >= 4 is 5.69 Å². The minimum atomic E-state index is -4.02. The number of unbranched alkanes of at least 4 members (excludes halogenated alkanes) is 1. The zero-order chi connectivity index (χ0) is 13.7. The normalized spacial score (nSPS) is 14.3. The molecule has 1 aromatic carbocycles. The van der Waals surface area contributed by atoms with Gasteiger partial charge < -0.3 is 10.6 Å². The Kier molecular flexibility index (Phi) is 4.69. The summed E-state index contributed by atoms with van der Waals surface area (Å²) in [6.45, 7) is 2.31. The van der Waals surface area contributed by atoms with E-state index in [-0.39, 0.29) is 6.42 Å². The summed E-state index contributed by atoms with van der Waals surface area (Å²) < 4.78 is 35.9. The van der Waals surface area contributed by atoms with E-state index in [0.717, 1.165) is 13.0 Å². The van der Waals surface area contributed by atoms with E-state index >= 15 is 0 Å². The van der Waals surface area contributed by atoms with Crippen molar-refractivity contribution in [3.8, 4) is 0 Å². The topological polar surface area (TPSA) is 24.1 Å². The van der Waals surface area contributed by atoms with E-state index in [2.05, 4.69) is 22.8 Å². The summed E-state index contributed by atoms with van der Waals surface area (Å²) in [7, 11) is 0. The van der Waals surface area contributed by atoms with E-state index in [1.165, 1.54) is 16.8 Å². The van der Waals surface area contributed by atoms with Crippen molar-refractivity contribution < 1.29 is 13.2 Å². The third-order valence-corrected chi connectivity index (χ3v) is 3.31. The Labute approximate surface area is 111 Å². The van der Waals surface area contributed by atoms with Gasteiger partial charge in [-0.3, -0.25) is 0 Å². The number of nitrogens with one attached hydrogen (secondary N) is 2. The third-order valence-electron chi connectivity index (χ3n) is 3.31. The summed E-state index contributed by atoms with van der Waals surface area (Å²) in [5, 5.41) is 6.56. The lowest BCUT2D eigenvalue weighted by Gasteiger charge is -2.10. The number of hydrogen-bond donors (Lipinski definition) is 2. The van der Waals surface area contributed by atoms with Crippen LogP contribution in [0.15, 0.2) is 18.2 Å². The van der Waals surface area contributed by atoms with Gasteiger partial charge in [0, 0.05) is 25.2 Å². The highest BCUT2D eigenvalue weighted by Gasteiger charge is 2.25. The number of rotatable bonds is 6. The monoisotopic (exact) mass is 272 g/mol. The molecule has 0 spiro atoms. The summed E-state index contributed by atoms with van der Waals surface area (Å²) in [6, 6.07) is 6.20. The van der Waals surface area contributed by atoms with E-state index in [0.29, 0.717) is 19.5 Å². The van der Waals surface area contributed by atoms with Gasteiger partial charge >= 0.3 is 6.18 Å². The number of anilines is 1. The second-order valence-electron chi connectivity index (χ2n) is 4.88. The van der Waals surface area contributed by atoms with E-state index in [9.17, 15) is 13.2 Å². The number of benzene rings is 1. The Morgan fingerprint density at radius 2 is 2.05 bits per heavy atom. The lowest BCUT2D eigenvalue weighted by molar-refractivity contribution is -0.135. The number of alkyl halides is 3. The zero-order valence-corrected chi connectivity index (χ0v) is 10.8. The Morgan fingerprint density at radius 3 is 2.84 bits per heavy atom. The molecule has 1 aliphatic heterocycles. The predicted molar refractivity (Wildman–Crippen MR) is 70.2 cm³/mol. The second-order valence-corrected chi connectivity index (χ2v) is 4.88. The van der Waals surface area contributed by atoms with Gasteiger partial charge in [0.25, 0.3) is 0 Å². The van der Waals surface area contributed by atoms with Gasteiger partial charge in [-0.25, -0.2) is 0 Å². The van der Waals surface area contributed by atoms with E-state index < -0.39 is 12.6 Å². The van der Waals surface area contributed by atoms with E-state index in [4.69, 9.17) is 0 Å². The van der Waals surface area contributed by atoms with Crippen molar-refractivity contribution in [2.75, 3.05) is 18.4 Å². The molecule has 0 aliphatic carbocycles. The van der Waals surface area contributed by atoms with Crippen LogP contribution in [0, 0.1) is 0 Å². The fourth-order valence-corrected chi connectivity index (χ4v) is 2.36. The van der Waals surface area contributed by atoms with Crippen LogP contribution < -0.4 is 10.6 Å². The van der Waals surface area contributed by atoms with Crippen LogP contribution in [0.5, 0.6) is 0 Å². The molecule has 0 aromatic heterocycles. The van der Waals surface area contributed by atoms with Crippen LogP contribution in [-0.4, -0.2) is 19.3 Å². The van der Waals surface area contributed by atoms with E-state index in [1.807, 2.05) is 6.07 Å². The number of hydrogen-bond acceptors (Lipinski definition) is 2. The van der Waals surface area contributed by atoms with Crippen molar-refractivity contribution in [2.45, 2.75) is 38.4 Å². The van der Waals surface area contributed by atoms with Gasteiger partial charge in [-0.15, -0.1) is 0 Å². The largest absolute Gasteiger partial charge is 0.389 e. The fraction of sp³-hybridized carbons (Fsp3) is 0.571. The SMILES string of the molecule is FC(F)(F)CCCCNCc1cccc2c1NCC2. The van der Waals surface area contributed by atoms with Crippen LogP contribution in [0.4, 0.5) is 18.9 Å². The summed E-state index contributed by atoms with van der Waals surface area (Å²) in [5.74, 6) is 0. The summed E-state index contributed by atoms with van der Waals surface area (Å²) in [5.41, 5.74) is 3.73. The van der Waals surface area contributed by atoms with Crippen molar-refractivity contribution in [3.63, 3.8) is 0 Å². The highest BCUT2D eigenvalue weighted by molar-refractivity contribution is 5.61. The summed E-state index contributed by atoms with van der Waals surface area (Å²) in [6.07, 6.45) is -2.90. The lowest BCUT2D eigenvalue weighted by atomic mass is 10.1. The molecule has 5 heteroatoms. The minimum absolute atomic E-state index is 0.196. The number of halogens is 3. The first-order chi connectivity index (χ1) is 9.06. The molecule has 0 fully saturated rings. The maximum Gasteiger partial charge on any atom is 0.389 e. The van der Waals surface area contributed by atoms with Crippen LogP contribution in [0.3, 0.4) is 0 Å². The highest BCUT2D eigenvalue weighted by Crippen LogP contribution is 2.26. The smallest absolute Gasteiger partial charge is 0.384 e. The van der Waals surface area contributed by atoms with Crippen molar-refractivity contribution in [2.24, 2.45) is 0 Å². The van der Waals surface area contributed by atoms with Crippen molar-refractivity contribution in [3.05, 3.63) is 29.3 Å². The first kappa shape index (κ1) is 14.2. The molecule has 0 unspecified atom stereocenters. The highest BCUT2D eigenvalue weighted by atomic mass is 19.4. The molecule has 0 bridgehead atoms. The van der Waals surface area contributed by atoms with Gasteiger partial charge in [-0.05, 0) is 36.9 Å². The molecule has 1 heterocycles. The number of para-hydroxylation sites is 1. The van der Waals surface area contributed by atoms with Crippen LogP contribution in [0.1, 0.15) is 30.4 Å². The van der Waals surface area contributed by atoms with Crippen molar-refractivity contribution in [1.82, 2.24) is 5.32 Å². The number of fused-ring (bicyclic) bond motifs is 1. The molecule has 0 saturated heterocycles. The Bertz CT molecular complexity index is 416. The molecule has 0 amide bonds. The Morgan fingerprint density at radius 1 is 1.21 bits per heavy atom. The van der Waals surface area contributed by atoms with Gasteiger partial charge in [-0.2, -0.15) is 13.2 Å². The van der Waals surface area contributed by atoms with Gasteiger partial charge in [0.2, 0.25) is 0 Å². The standard InChI is InChI=1S/C14H19F3N2/c15-14(16,17)7-1-2-8-18-10-12-5-3-4-11-6-9-19-13(11)12/h3-5,18-19H,1-2,6-10H2. The third kappa shape index (κ3) is 4.42. The van der Waals surface area contributed by atoms with Gasteiger partial charge in [0.15, 0.2) is 0 Å². The van der Waals surface area contributed by atoms with Crippen LogP contribution in [-0.2, 0) is 13.0 Å². The first-order valence-electron chi connectivity index (χ1n) is 6.68. The minimum Gasteiger partial charge on any atom is -0.384 e. The predicted octanol–water partition coefficient (Wildman–Crippen LogP) is 3.48. The quantitative estimate of drug-likeness (QED) is 0.775. The Balaban J connectivity index is 1.68. The molecule has 1 aromatic rings. The Hall–Kier alpha value is -1.23. The van der Waals surface area contributed by atoms with Crippen LogP contribution in [0.2, 0.25) is 0 Å². The fourth-order valence-electron chi connectivity index (χ4n) is 2.36. The maximum absolute atomic E-state index is 12.0. The molecule has 2 N–H and O–H groups in total. The van der Waals surface area contributed by atoms with E-state index in [1.54, 1.807) is 0 Å². The van der Waals surface area contributed by atoms with Crippen molar-refractivity contribution in [1.29, 1.82) is 0 Å². The zero-order valence-electron chi connectivity index (χ0n) is 10.8. The van der Waals surface area contributed by atoms with Gasteiger partial charge in [-0.1, -0.05) is 18.2 Å². The molecule has 0 radical (unpaired) electrons. The molecule has 19 heavy (non-hydrogen) atoms. The first-order valence-corrected chi connectivity index (χ1v) is 6.68. The summed E-state index contributed by atoms with van der Waals surface area (Å²) >= 11 is 0. The molecule has 1 aliphatic rings. The maximum atomic E-state index is 12.0. The van der Waals surface area contributed by atoms with Gasteiger partial charge in [0.1, 0.15) is 0 Å². The molecular formula is C14H19F3N2. The van der Waals surface area contributed by atoms with Crippen LogP contribution in [0.25, 0.3) is 0 Å². The van der Waals surface area contributed by atoms with Gasteiger partial charge in [0.05, 0.1) is 0 Å². The second kappa shape index (κ2) is 6.28. The molecule has 106 valence electrons.